The fourth-order valence-corrected chi connectivity index (χ4v) is 3.76. The number of nitrogens with zero attached hydrogens (tertiary/aromatic N) is 1. The summed E-state index contributed by atoms with van der Waals surface area (Å²) in [5, 5.41) is 23.9. The summed E-state index contributed by atoms with van der Waals surface area (Å²) in [4.78, 5) is 35.8. The molecule has 28 heavy (non-hydrogen) atoms. The molecule has 2 unspecified atom stereocenters. The molecule has 1 aliphatic rings. The molecule has 0 spiro atoms. The Bertz CT molecular complexity index is 811. The number of carbonyl (C=O) groups is 2. The van der Waals surface area contributed by atoms with Crippen LogP contribution in [-0.2, 0) is 14.9 Å². The molecule has 2 N–H and O–H groups in total. The number of carboxylic acid groups (broad SMARTS) is 1. The van der Waals surface area contributed by atoms with Crippen LogP contribution in [-0.4, -0.2) is 40.2 Å². The molecule has 0 aliphatic heterocycles. The number of nitro benzene ring substituents is 1. The number of aliphatic carboxylic acids is 1. The number of benzene rings is 1. The van der Waals surface area contributed by atoms with Crippen molar-refractivity contribution in [1.82, 2.24) is 5.32 Å². The fraction of sp³-hybridized carbons (Fsp3) is 0.600. The Labute approximate surface area is 164 Å². The van der Waals surface area contributed by atoms with Crippen molar-refractivity contribution in [2.75, 3.05) is 6.61 Å². The van der Waals surface area contributed by atoms with Crippen LogP contribution >= 0.6 is 0 Å². The van der Waals surface area contributed by atoms with E-state index in [9.17, 15) is 24.8 Å². The number of rotatable bonds is 6. The van der Waals surface area contributed by atoms with E-state index in [4.69, 9.17) is 4.74 Å². The second-order valence-corrected chi connectivity index (χ2v) is 8.77. The highest BCUT2D eigenvalue weighted by Gasteiger charge is 2.66. The molecule has 2 atom stereocenters. The Hall–Kier alpha value is -2.48. The number of carbonyl (C=O) groups excluding carboxylic acids is 1. The summed E-state index contributed by atoms with van der Waals surface area (Å²) in [5.74, 6) is -1.81. The van der Waals surface area contributed by atoms with E-state index in [0.717, 1.165) is 0 Å². The predicted octanol–water partition coefficient (Wildman–Crippen LogP) is 3.28. The Balaban J connectivity index is 2.37. The topological polar surface area (TPSA) is 119 Å². The van der Waals surface area contributed by atoms with Gasteiger partial charge in [0.05, 0.1) is 11.0 Å². The Morgan fingerprint density at radius 2 is 1.96 bits per heavy atom. The highest BCUT2D eigenvalue weighted by Crippen LogP contribution is 2.51. The third kappa shape index (κ3) is 3.48. The minimum Gasteiger partial charge on any atom is -0.479 e. The van der Waals surface area contributed by atoms with Gasteiger partial charge in [-0.25, -0.2) is 4.79 Å². The third-order valence-corrected chi connectivity index (χ3v) is 5.72. The standard InChI is InChI=1S/C20H28N2O6/c1-7-28-15-11-20(17(24)25,19(15,5)6)21-16(23)12-8-9-13(18(2,3)4)14(10-12)22(26)27/h8-10,15H,7,11H2,1-6H3,(H,21,23)(H,24,25). The lowest BCUT2D eigenvalue weighted by atomic mass is 9.54. The molecular formula is C20H28N2O6. The van der Waals surface area contributed by atoms with E-state index < -0.39 is 33.2 Å². The van der Waals surface area contributed by atoms with Crippen LogP contribution in [0.2, 0.25) is 0 Å². The molecule has 0 saturated heterocycles. The van der Waals surface area contributed by atoms with Gasteiger partial charge < -0.3 is 15.2 Å². The van der Waals surface area contributed by atoms with Crippen molar-refractivity contribution >= 4 is 17.6 Å². The van der Waals surface area contributed by atoms with Crippen LogP contribution in [0, 0.1) is 15.5 Å². The maximum absolute atomic E-state index is 12.8. The highest BCUT2D eigenvalue weighted by molar-refractivity contribution is 5.99. The average molecular weight is 392 g/mol. The second-order valence-electron chi connectivity index (χ2n) is 8.77. The molecular weight excluding hydrogens is 364 g/mol. The van der Waals surface area contributed by atoms with Crippen LogP contribution in [0.15, 0.2) is 18.2 Å². The lowest BCUT2D eigenvalue weighted by Crippen LogP contribution is -2.76. The number of ether oxygens (including phenoxy) is 1. The maximum atomic E-state index is 12.8. The summed E-state index contributed by atoms with van der Waals surface area (Å²) in [6.07, 6.45) is -0.164. The first-order valence-corrected chi connectivity index (χ1v) is 9.24. The largest absolute Gasteiger partial charge is 0.479 e. The minimum atomic E-state index is -1.50. The number of hydrogen-bond acceptors (Lipinski definition) is 5. The van der Waals surface area contributed by atoms with Crippen LogP contribution in [0.25, 0.3) is 0 Å². The smallest absolute Gasteiger partial charge is 0.330 e. The Kier molecular flexibility index (Phi) is 5.58. The van der Waals surface area contributed by atoms with Gasteiger partial charge in [0.25, 0.3) is 11.6 Å². The molecule has 1 fully saturated rings. The first-order valence-electron chi connectivity index (χ1n) is 9.24. The van der Waals surface area contributed by atoms with E-state index in [1.54, 1.807) is 19.9 Å². The van der Waals surface area contributed by atoms with Gasteiger partial charge in [-0.2, -0.15) is 0 Å². The van der Waals surface area contributed by atoms with Crippen molar-refractivity contribution in [3.05, 3.63) is 39.4 Å². The molecule has 1 amide bonds. The molecule has 0 aromatic heterocycles. The lowest BCUT2D eigenvalue weighted by molar-refractivity contribution is -0.386. The summed E-state index contributed by atoms with van der Waals surface area (Å²) in [5.41, 5.74) is -2.41. The van der Waals surface area contributed by atoms with Crippen LogP contribution in [0.3, 0.4) is 0 Å². The van der Waals surface area contributed by atoms with E-state index in [2.05, 4.69) is 5.32 Å². The number of amides is 1. The molecule has 0 bridgehead atoms. The van der Waals surface area contributed by atoms with Crippen molar-refractivity contribution in [2.24, 2.45) is 5.41 Å². The molecule has 8 nitrogen and oxygen atoms in total. The van der Waals surface area contributed by atoms with Crippen LogP contribution in [0.5, 0.6) is 0 Å². The SMILES string of the molecule is CCOC1CC(NC(=O)c2ccc(C(C)(C)C)c([N+](=O)[O-])c2)(C(=O)O)C1(C)C. The fourth-order valence-electron chi connectivity index (χ4n) is 3.76. The van der Waals surface area contributed by atoms with Gasteiger partial charge in [0.15, 0.2) is 0 Å². The number of hydrogen-bond donors (Lipinski definition) is 2. The van der Waals surface area contributed by atoms with Crippen LogP contribution in [0.4, 0.5) is 5.69 Å². The van der Waals surface area contributed by atoms with Gasteiger partial charge in [0.1, 0.15) is 5.54 Å². The molecule has 2 rings (SSSR count). The Morgan fingerprint density at radius 1 is 1.36 bits per heavy atom. The van der Waals surface area contributed by atoms with Crippen LogP contribution < -0.4 is 5.32 Å². The minimum absolute atomic E-state index is 0.0518. The van der Waals surface area contributed by atoms with Gasteiger partial charge in [0.2, 0.25) is 0 Å². The molecule has 0 heterocycles. The van der Waals surface area contributed by atoms with Crippen molar-refractivity contribution in [3.63, 3.8) is 0 Å². The predicted molar refractivity (Wildman–Crippen MR) is 103 cm³/mol. The van der Waals surface area contributed by atoms with Gasteiger partial charge in [-0.1, -0.05) is 40.7 Å². The lowest BCUT2D eigenvalue weighted by Gasteiger charge is -2.58. The van der Waals surface area contributed by atoms with Crippen molar-refractivity contribution in [1.29, 1.82) is 0 Å². The zero-order chi connectivity index (χ0) is 21.5. The van der Waals surface area contributed by atoms with E-state index in [1.807, 2.05) is 27.7 Å². The summed E-state index contributed by atoms with van der Waals surface area (Å²) < 4.78 is 5.59. The molecule has 1 saturated carbocycles. The average Bonchev–Trinajstić information content (AvgIpc) is 2.58. The molecule has 8 heteroatoms. The molecule has 1 aliphatic carbocycles. The van der Waals surface area contributed by atoms with Gasteiger partial charge in [0, 0.05) is 35.6 Å². The third-order valence-electron chi connectivity index (χ3n) is 5.72. The molecule has 154 valence electrons. The number of nitrogens with one attached hydrogen (secondary N) is 1. The molecule has 1 aromatic carbocycles. The van der Waals surface area contributed by atoms with E-state index in [1.165, 1.54) is 12.1 Å². The number of carboxylic acids is 1. The number of nitro groups is 1. The molecule has 0 radical (unpaired) electrons. The van der Waals surface area contributed by atoms with Crippen molar-refractivity contribution < 1.29 is 24.4 Å². The normalized spacial score (nSPS) is 23.6. The maximum Gasteiger partial charge on any atom is 0.330 e. The van der Waals surface area contributed by atoms with E-state index >= 15 is 0 Å². The summed E-state index contributed by atoms with van der Waals surface area (Å²) in [6.45, 7) is 11.3. The van der Waals surface area contributed by atoms with Crippen molar-refractivity contribution in [3.8, 4) is 0 Å². The monoisotopic (exact) mass is 392 g/mol. The quantitative estimate of drug-likeness (QED) is 0.566. The first kappa shape index (κ1) is 21.8. The zero-order valence-electron chi connectivity index (χ0n) is 17.2. The first-order chi connectivity index (χ1) is 12.8. The Morgan fingerprint density at radius 3 is 2.39 bits per heavy atom. The van der Waals surface area contributed by atoms with Gasteiger partial charge in [-0.15, -0.1) is 0 Å². The summed E-state index contributed by atoms with van der Waals surface area (Å²) in [7, 11) is 0. The van der Waals surface area contributed by atoms with Gasteiger partial charge in [-0.3, -0.25) is 14.9 Å². The van der Waals surface area contributed by atoms with E-state index in [-0.39, 0.29) is 23.8 Å². The zero-order valence-corrected chi connectivity index (χ0v) is 17.2. The highest BCUT2D eigenvalue weighted by atomic mass is 16.6. The molecule has 1 aromatic rings. The summed E-state index contributed by atoms with van der Waals surface area (Å²) >= 11 is 0. The van der Waals surface area contributed by atoms with Crippen LogP contribution in [0.1, 0.15) is 63.9 Å². The van der Waals surface area contributed by atoms with Gasteiger partial charge in [-0.05, 0) is 18.4 Å². The summed E-state index contributed by atoms with van der Waals surface area (Å²) in [6, 6.07) is 4.25. The van der Waals surface area contributed by atoms with Crippen molar-refractivity contribution in [2.45, 2.75) is 65.0 Å². The van der Waals surface area contributed by atoms with Gasteiger partial charge >= 0.3 is 5.97 Å². The second kappa shape index (κ2) is 7.16. The van der Waals surface area contributed by atoms with E-state index in [0.29, 0.717) is 12.2 Å².